The number of hydrogen-bond donors (Lipinski definition) is 5. The number of carboxylic acids is 1. The van der Waals surface area contributed by atoms with Gasteiger partial charge in [0.15, 0.2) is 0 Å². The third-order valence-corrected chi connectivity index (χ3v) is 9.14. The maximum absolute atomic E-state index is 13.4. The lowest BCUT2D eigenvalue weighted by atomic mass is 9.86. The highest BCUT2D eigenvalue weighted by molar-refractivity contribution is 7.87. The monoisotopic (exact) mass is 634 g/mol. The minimum absolute atomic E-state index is 0.132. The van der Waals surface area contributed by atoms with E-state index in [4.69, 9.17) is 9.79 Å². The van der Waals surface area contributed by atoms with Crippen molar-refractivity contribution < 1.29 is 46.8 Å². The van der Waals surface area contributed by atoms with E-state index in [1.54, 1.807) is 7.05 Å². The third-order valence-electron chi connectivity index (χ3n) is 7.14. The topological polar surface area (TPSA) is 203 Å². The van der Waals surface area contributed by atoms with Gasteiger partial charge in [0, 0.05) is 34.1 Å². The summed E-state index contributed by atoms with van der Waals surface area (Å²) >= 11 is 0. The van der Waals surface area contributed by atoms with Gasteiger partial charge in [0.1, 0.15) is 17.8 Å². The van der Waals surface area contributed by atoms with Gasteiger partial charge in [0.05, 0.1) is 0 Å². The van der Waals surface area contributed by atoms with Crippen molar-refractivity contribution in [1.29, 1.82) is 0 Å². The minimum atomic E-state index is -4.79. The Kier molecular flexibility index (Phi) is 13.9. The summed E-state index contributed by atoms with van der Waals surface area (Å²) in [5.74, 6) is -1.96. The summed E-state index contributed by atoms with van der Waals surface area (Å²) in [5, 5.41) is 11.8. The number of benzene rings is 1. The molecule has 2 atom stereocenters. The third kappa shape index (κ3) is 12.8. The Morgan fingerprint density at radius 3 is 2.21 bits per heavy atom. The van der Waals surface area contributed by atoms with Crippen LogP contribution in [0, 0.1) is 5.92 Å². The zero-order valence-electron chi connectivity index (χ0n) is 24.3. The molecule has 0 aliphatic heterocycles. The van der Waals surface area contributed by atoms with Gasteiger partial charge in [-0.05, 0) is 49.3 Å². The number of rotatable bonds is 17. The maximum atomic E-state index is 13.4. The number of nitrogens with zero attached hydrogens (tertiary/aromatic N) is 2. The van der Waals surface area contributed by atoms with Crippen LogP contribution in [0.25, 0.3) is 0 Å². The van der Waals surface area contributed by atoms with Crippen LogP contribution in [0.1, 0.15) is 63.4 Å². The maximum Gasteiger partial charge on any atom is 0.524 e. The predicted octanol–water partition coefficient (Wildman–Crippen LogP) is 1.63. The van der Waals surface area contributed by atoms with E-state index in [0.29, 0.717) is 18.0 Å². The van der Waals surface area contributed by atoms with Gasteiger partial charge in [0.25, 0.3) is 10.2 Å². The Morgan fingerprint density at radius 2 is 1.67 bits per heavy atom. The lowest BCUT2D eigenvalue weighted by Crippen LogP contribution is -2.56. The first-order valence-electron chi connectivity index (χ1n) is 13.9. The molecule has 0 saturated heterocycles. The first kappa shape index (κ1) is 35.6. The number of carbonyl (C=O) groups is 3. The summed E-state index contributed by atoms with van der Waals surface area (Å²) in [7, 11) is -4.76. The Labute approximate surface area is 247 Å². The SMILES string of the molecule is CN(CCCC1CCCCC1)C(=O)C(CCC(=O)O)NC(=O)C(Cc1ccc(OP(=O)(O)O)cc1)NS(=O)(=O)N(C)C. The molecular formula is C26H43N4O10PS. The van der Waals surface area contributed by atoms with E-state index >= 15 is 0 Å². The van der Waals surface area contributed by atoms with E-state index in [1.165, 1.54) is 75.4 Å². The van der Waals surface area contributed by atoms with Crippen LogP contribution in [0.3, 0.4) is 0 Å². The molecule has 1 aliphatic rings. The highest BCUT2D eigenvalue weighted by Gasteiger charge is 2.31. The normalized spacial score (nSPS) is 16.0. The smallest absolute Gasteiger partial charge is 0.481 e. The van der Waals surface area contributed by atoms with E-state index in [1.807, 2.05) is 0 Å². The number of phosphoric ester groups is 1. The standard InChI is InChI=1S/C26H43N4O10PS/c1-29(2)42(38,39)28-23(18-20-11-13-21(14-12-20)40-41(35,36)37)25(33)27-22(15-16-24(31)32)26(34)30(3)17-7-10-19-8-5-4-6-9-19/h11-14,19,22-23,28H,4-10,15-18H2,1-3H3,(H,27,33)(H,31,32)(H2,35,36,37). The Balaban J connectivity index is 2.17. The number of carboxylic acid groups (broad SMARTS) is 1. The molecule has 0 aromatic heterocycles. The van der Waals surface area contributed by atoms with Gasteiger partial charge in [-0.2, -0.15) is 17.4 Å². The summed E-state index contributed by atoms with van der Waals surface area (Å²) in [6.45, 7) is 0.439. The fraction of sp³-hybridized carbons (Fsp3) is 0.654. The molecule has 2 amide bonds. The number of hydrogen-bond acceptors (Lipinski definition) is 7. The number of carbonyl (C=O) groups excluding carboxylic acids is 2. The molecule has 1 fully saturated rings. The number of amides is 2. The van der Waals surface area contributed by atoms with Gasteiger partial charge < -0.3 is 19.8 Å². The molecule has 0 spiro atoms. The van der Waals surface area contributed by atoms with Crippen LogP contribution in [0.4, 0.5) is 0 Å². The lowest BCUT2D eigenvalue weighted by molar-refractivity contribution is -0.139. The Bertz CT molecular complexity index is 1200. The van der Waals surface area contributed by atoms with Crippen molar-refractivity contribution in [2.75, 3.05) is 27.7 Å². The predicted molar refractivity (Wildman–Crippen MR) is 155 cm³/mol. The molecule has 42 heavy (non-hydrogen) atoms. The highest BCUT2D eigenvalue weighted by Crippen LogP contribution is 2.37. The molecule has 1 saturated carbocycles. The van der Waals surface area contributed by atoms with Gasteiger partial charge in [-0.1, -0.05) is 44.2 Å². The molecule has 0 bridgehead atoms. The largest absolute Gasteiger partial charge is 0.524 e. The van der Waals surface area contributed by atoms with E-state index in [9.17, 15) is 32.5 Å². The van der Waals surface area contributed by atoms with Crippen LogP contribution in [0.5, 0.6) is 5.75 Å². The second-order valence-electron chi connectivity index (χ2n) is 10.8. The second-order valence-corrected chi connectivity index (χ2v) is 13.9. The summed E-state index contributed by atoms with van der Waals surface area (Å²) in [6, 6.07) is 2.72. The average Bonchev–Trinajstić information content (AvgIpc) is 2.90. The van der Waals surface area contributed by atoms with Crippen LogP contribution < -0.4 is 14.6 Å². The van der Waals surface area contributed by atoms with Crippen molar-refractivity contribution in [3.63, 3.8) is 0 Å². The first-order valence-corrected chi connectivity index (χ1v) is 16.9. The van der Waals surface area contributed by atoms with Gasteiger partial charge in [-0.15, -0.1) is 0 Å². The van der Waals surface area contributed by atoms with Gasteiger partial charge in [0.2, 0.25) is 11.8 Å². The molecule has 238 valence electrons. The molecule has 16 heteroatoms. The highest BCUT2D eigenvalue weighted by atomic mass is 32.2. The van der Waals surface area contributed by atoms with Gasteiger partial charge in [-0.3, -0.25) is 24.2 Å². The molecule has 0 heterocycles. The van der Waals surface area contributed by atoms with Crippen LogP contribution in [0.2, 0.25) is 0 Å². The van der Waals surface area contributed by atoms with Crippen molar-refractivity contribution in [3.05, 3.63) is 29.8 Å². The van der Waals surface area contributed by atoms with E-state index in [-0.39, 0.29) is 25.0 Å². The molecule has 14 nitrogen and oxygen atoms in total. The van der Waals surface area contributed by atoms with Gasteiger partial charge in [-0.25, -0.2) is 4.57 Å². The van der Waals surface area contributed by atoms with Crippen LogP contribution in [0.15, 0.2) is 24.3 Å². The molecule has 2 unspecified atom stereocenters. The van der Waals surface area contributed by atoms with Crippen molar-refractivity contribution in [3.8, 4) is 5.75 Å². The summed E-state index contributed by atoms with van der Waals surface area (Å²) in [5.41, 5.74) is 0.419. The van der Waals surface area contributed by atoms with E-state index in [0.717, 1.165) is 17.1 Å². The molecule has 1 aromatic carbocycles. The van der Waals surface area contributed by atoms with Gasteiger partial charge >= 0.3 is 13.8 Å². The van der Waals surface area contributed by atoms with Crippen molar-refractivity contribution in [1.82, 2.24) is 19.2 Å². The average molecular weight is 635 g/mol. The Morgan fingerprint density at radius 1 is 1.05 bits per heavy atom. The van der Waals surface area contributed by atoms with Crippen LogP contribution >= 0.6 is 7.82 Å². The summed E-state index contributed by atoms with van der Waals surface area (Å²) in [6.07, 6.45) is 7.04. The number of nitrogens with one attached hydrogen (secondary N) is 2. The second kappa shape index (κ2) is 16.3. The number of phosphoric acid groups is 1. The molecule has 1 aromatic rings. The molecule has 0 radical (unpaired) electrons. The summed E-state index contributed by atoms with van der Waals surface area (Å²) in [4.78, 5) is 57.4. The minimum Gasteiger partial charge on any atom is -0.481 e. The molecule has 5 N–H and O–H groups in total. The summed E-state index contributed by atoms with van der Waals surface area (Å²) < 4.78 is 44.0. The number of likely N-dealkylation sites (N-methyl/N-ethyl adjacent to an activating group) is 1. The fourth-order valence-electron chi connectivity index (χ4n) is 4.80. The zero-order valence-corrected chi connectivity index (χ0v) is 26.0. The van der Waals surface area contributed by atoms with E-state index in [2.05, 4.69) is 14.6 Å². The van der Waals surface area contributed by atoms with Crippen LogP contribution in [-0.4, -0.2) is 90.1 Å². The molecule has 1 aliphatic carbocycles. The van der Waals surface area contributed by atoms with Crippen LogP contribution in [-0.2, 0) is 35.6 Å². The van der Waals surface area contributed by atoms with Crippen molar-refractivity contribution in [2.24, 2.45) is 5.92 Å². The van der Waals surface area contributed by atoms with Crippen molar-refractivity contribution in [2.45, 2.75) is 76.3 Å². The van der Waals surface area contributed by atoms with Crippen molar-refractivity contribution >= 4 is 35.8 Å². The quantitative estimate of drug-likeness (QED) is 0.157. The Hall–Kier alpha value is -2.55. The first-order chi connectivity index (χ1) is 19.6. The number of aliphatic carboxylic acids is 1. The van der Waals surface area contributed by atoms with E-state index < -0.39 is 47.9 Å². The molecular weight excluding hydrogens is 591 g/mol. The molecule has 2 rings (SSSR count). The fourth-order valence-corrected chi connectivity index (χ4v) is 5.96. The zero-order chi connectivity index (χ0) is 31.5. The lowest BCUT2D eigenvalue weighted by Gasteiger charge is -2.28.